The molecular formula is C19H35NO. The molecule has 0 aromatic rings. The molecule has 3 aliphatic rings. The molecule has 0 spiro atoms. The fraction of sp³-hybridized carbons (Fsp3) is 1.00. The summed E-state index contributed by atoms with van der Waals surface area (Å²) in [5, 5.41) is 3.76. The van der Waals surface area contributed by atoms with Crippen molar-refractivity contribution in [3.8, 4) is 0 Å². The zero-order valence-corrected chi connectivity index (χ0v) is 14.4. The number of hydrogen-bond donors (Lipinski definition) is 1. The molecule has 1 N–H and O–H groups in total. The lowest BCUT2D eigenvalue weighted by Gasteiger charge is -2.45. The van der Waals surface area contributed by atoms with Gasteiger partial charge in [0.25, 0.3) is 0 Å². The average Bonchev–Trinajstić information content (AvgIpc) is 3.19. The molecule has 0 heterocycles. The van der Waals surface area contributed by atoms with E-state index in [9.17, 15) is 0 Å². The van der Waals surface area contributed by atoms with E-state index in [1.54, 1.807) is 0 Å². The topological polar surface area (TPSA) is 21.3 Å². The molecule has 0 aliphatic heterocycles. The minimum absolute atomic E-state index is 0.151. The van der Waals surface area contributed by atoms with Gasteiger partial charge in [-0.2, -0.15) is 0 Å². The molecule has 0 saturated heterocycles. The number of rotatable bonds is 5. The van der Waals surface area contributed by atoms with Crippen LogP contribution in [-0.4, -0.2) is 24.3 Å². The summed E-state index contributed by atoms with van der Waals surface area (Å²) in [6.45, 7) is 8.36. The van der Waals surface area contributed by atoms with E-state index in [0.29, 0.717) is 11.5 Å². The molecule has 0 radical (unpaired) electrons. The van der Waals surface area contributed by atoms with Crippen LogP contribution in [0.25, 0.3) is 0 Å². The fourth-order valence-corrected chi connectivity index (χ4v) is 4.85. The third-order valence-electron chi connectivity index (χ3n) is 5.82. The van der Waals surface area contributed by atoms with Crippen LogP contribution in [0.3, 0.4) is 0 Å². The third kappa shape index (κ3) is 4.45. The Hall–Kier alpha value is -0.0800. The van der Waals surface area contributed by atoms with Crippen LogP contribution in [0, 0.1) is 11.3 Å². The summed E-state index contributed by atoms with van der Waals surface area (Å²) in [6.07, 6.45) is 13.8. The first kappa shape index (κ1) is 15.8. The largest absolute Gasteiger partial charge is 0.370 e. The normalized spacial score (nSPS) is 35.6. The lowest BCUT2D eigenvalue weighted by atomic mass is 9.71. The standard InChI is InChI=1S/C19H35NO/c1-15-11-17(13-18(2,3)12-15)21-19(9-5-4-6-10-19)14-20-16-7-8-16/h15-17,20H,4-14H2,1-3H3. The van der Waals surface area contributed by atoms with Crippen molar-refractivity contribution in [3.63, 3.8) is 0 Å². The molecule has 3 saturated carbocycles. The van der Waals surface area contributed by atoms with Crippen LogP contribution >= 0.6 is 0 Å². The van der Waals surface area contributed by atoms with E-state index in [0.717, 1.165) is 18.5 Å². The van der Waals surface area contributed by atoms with Gasteiger partial charge in [-0.15, -0.1) is 0 Å². The van der Waals surface area contributed by atoms with Crippen molar-refractivity contribution < 1.29 is 4.74 Å². The average molecular weight is 293 g/mol. The van der Waals surface area contributed by atoms with E-state index in [-0.39, 0.29) is 5.60 Å². The molecule has 3 rings (SSSR count). The quantitative estimate of drug-likeness (QED) is 0.795. The molecular weight excluding hydrogens is 258 g/mol. The summed E-state index contributed by atoms with van der Waals surface area (Å²) in [7, 11) is 0. The van der Waals surface area contributed by atoms with Crippen molar-refractivity contribution in [2.45, 2.75) is 103 Å². The van der Waals surface area contributed by atoms with E-state index >= 15 is 0 Å². The first-order chi connectivity index (χ1) is 9.96. The van der Waals surface area contributed by atoms with Gasteiger partial charge in [-0.3, -0.25) is 0 Å². The maximum Gasteiger partial charge on any atom is 0.0810 e. The van der Waals surface area contributed by atoms with Crippen LogP contribution in [-0.2, 0) is 4.74 Å². The molecule has 2 unspecified atom stereocenters. The van der Waals surface area contributed by atoms with Gasteiger partial charge in [0.15, 0.2) is 0 Å². The summed E-state index contributed by atoms with van der Waals surface area (Å²) < 4.78 is 6.84. The second kappa shape index (κ2) is 6.20. The Labute approximate surface area is 131 Å². The smallest absolute Gasteiger partial charge is 0.0810 e. The third-order valence-corrected chi connectivity index (χ3v) is 5.82. The summed E-state index contributed by atoms with van der Waals surface area (Å²) >= 11 is 0. The Bertz CT molecular complexity index is 341. The highest BCUT2D eigenvalue weighted by Crippen LogP contribution is 2.43. The van der Waals surface area contributed by atoms with Gasteiger partial charge in [-0.1, -0.05) is 40.0 Å². The van der Waals surface area contributed by atoms with Gasteiger partial charge in [0.05, 0.1) is 11.7 Å². The molecule has 2 atom stereocenters. The summed E-state index contributed by atoms with van der Waals surface area (Å²) in [5.41, 5.74) is 0.612. The Balaban J connectivity index is 1.62. The van der Waals surface area contributed by atoms with Crippen molar-refractivity contribution in [1.29, 1.82) is 0 Å². The summed E-state index contributed by atoms with van der Waals surface area (Å²) in [6, 6.07) is 0.800. The molecule has 0 bridgehead atoms. The lowest BCUT2D eigenvalue weighted by molar-refractivity contribution is -0.140. The maximum atomic E-state index is 6.84. The van der Waals surface area contributed by atoms with Gasteiger partial charge in [-0.05, 0) is 56.3 Å². The molecule has 3 aliphatic carbocycles. The summed E-state index contributed by atoms with van der Waals surface area (Å²) in [4.78, 5) is 0. The second-order valence-corrected chi connectivity index (χ2v) is 9.05. The van der Waals surface area contributed by atoms with Gasteiger partial charge in [0.1, 0.15) is 0 Å². The lowest BCUT2D eigenvalue weighted by Crippen LogP contribution is -2.49. The van der Waals surface area contributed by atoms with Gasteiger partial charge < -0.3 is 10.1 Å². The second-order valence-electron chi connectivity index (χ2n) is 9.05. The van der Waals surface area contributed by atoms with Gasteiger partial charge in [0, 0.05) is 12.6 Å². The Morgan fingerprint density at radius 2 is 1.76 bits per heavy atom. The predicted octanol–water partition coefficient (Wildman–Crippen LogP) is 4.67. The van der Waals surface area contributed by atoms with Gasteiger partial charge in [0.2, 0.25) is 0 Å². The number of hydrogen-bond acceptors (Lipinski definition) is 2. The Morgan fingerprint density at radius 1 is 1.05 bits per heavy atom. The van der Waals surface area contributed by atoms with Gasteiger partial charge >= 0.3 is 0 Å². The van der Waals surface area contributed by atoms with Crippen LogP contribution in [0.2, 0.25) is 0 Å². The maximum absolute atomic E-state index is 6.84. The molecule has 0 aromatic heterocycles. The highest BCUT2D eigenvalue weighted by molar-refractivity contribution is 4.93. The first-order valence-corrected chi connectivity index (χ1v) is 9.38. The van der Waals surface area contributed by atoms with Crippen molar-refractivity contribution in [1.82, 2.24) is 5.32 Å². The number of nitrogens with one attached hydrogen (secondary N) is 1. The van der Waals surface area contributed by atoms with E-state index in [2.05, 4.69) is 26.1 Å². The first-order valence-electron chi connectivity index (χ1n) is 9.38. The number of ether oxygens (including phenoxy) is 1. The zero-order valence-electron chi connectivity index (χ0n) is 14.4. The molecule has 2 nitrogen and oxygen atoms in total. The molecule has 122 valence electrons. The monoisotopic (exact) mass is 293 g/mol. The van der Waals surface area contributed by atoms with E-state index in [1.807, 2.05) is 0 Å². The molecule has 2 heteroatoms. The predicted molar refractivity (Wildman–Crippen MR) is 88.5 cm³/mol. The molecule has 0 amide bonds. The SMILES string of the molecule is CC1CC(OC2(CNC3CC3)CCCCC2)CC(C)(C)C1. The minimum Gasteiger partial charge on any atom is -0.370 e. The molecule has 21 heavy (non-hydrogen) atoms. The van der Waals surface area contributed by atoms with Crippen molar-refractivity contribution in [2.75, 3.05) is 6.54 Å². The van der Waals surface area contributed by atoms with Crippen LogP contribution in [0.1, 0.15) is 85.0 Å². The zero-order chi connectivity index (χ0) is 14.9. The minimum atomic E-state index is 0.151. The molecule has 0 aromatic carbocycles. The van der Waals surface area contributed by atoms with Crippen molar-refractivity contribution in [3.05, 3.63) is 0 Å². The summed E-state index contributed by atoms with van der Waals surface area (Å²) in [5.74, 6) is 0.816. The van der Waals surface area contributed by atoms with E-state index < -0.39 is 0 Å². The van der Waals surface area contributed by atoms with Crippen LogP contribution in [0.5, 0.6) is 0 Å². The van der Waals surface area contributed by atoms with Gasteiger partial charge in [-0.25, -0.2) is 0 Å². The fourth-order valence-electron chi connectivity index (χ4n) is 4.85. The van der Waals surface area contributed by atoms with E-state index in [4.69, 9.17) is 4.74 Å². The Kier molecular flexibility index (Phi) is 4.66. The highest BCUT2D eigenvalue weighted by atomic mass is 16.5. The van der Waals surface area contributed by atoms with Crippen LogP contribution in [0.15, 0.2) is 0 Å². The van der Waals surface area contributed by atoms with E-state index in [1.165, 1.54) is 64.2 Å². The molecule has 3 fully saturated rings. The Morgan fingerprint density at radius 3 is 2.38 bits per heavy atom. The van der Waals surface area contributed by atoms with Crippen molar-refractivity contribution in [2.24, 2.45) is 11.3 Å². The van der Waals surface area contributed by atoms with Crippen LogP contribution < -0.4 is 5.32 Å². The highest BCUT2D eigenvalue weighted by Gasteiger charge is 2.40. The van der Waals surface area contributed by atoms with Crippen LogP contribution in [0.4, 0.5) is 0 Å². The van der Waals surface area contributed by atoms with Crippen molar-refractivity contribution >= 4 is 0 Å².